The lowest BCUT2D eigenvalue weighted by Gasteiger charge is -2.16. The lowest BCUT2D eigenvalue weighted by Crippen LogP contribution is -2.10. The van der Waals surface area contributed by atoms with Crippen molar-refractivity contribution in [1.29, 1.82) is 0 Å². The van der Waals surface area contributed by atoms with E-state index in [2.05, 4.69) is 6.08 Å². The molecule has 0 aromatic heterocycles. The quantitative estimate of drug-likeness (QED) is 0.524. The molecule has 0 amide bonds. The van der Waals surface area contributed by atoms with E-state index in [4.69, 9.17) is 9.47 Å². The molecule has 2 heteroatoms. The first-order chi connectivity index (χ1) is 5.47. The van der Waals surface area contributed by atoms with Gasteiger partial charge in [-0.05, 0) is 12.5 Å². The van der Waals surface area contributed by atoms with Crippen LogP contribution >= 0.6 is 0 Å². The van der Waals surface area contributed by atoms with Gasteiger partial charge in [0.1, 0.15) is 5.76 Å². The molecule has 0 spiro atoms. The van der Waals surface area contributed by atoms with E-state index < -0.39 is 0 Å². The van der Waals surface area contributed by atoms with Crippen molar-refractivity contribution < 1.29 is 9.47 Å². The second-order valence-corrected chi connectivity index (χ2v) is 2.75. The topological polar surface area (TPSA) is 18.5 Å². The van der Waals surface area contributed by atoms with Gasteiger partial charge in [0.25, 0.3) is 0 Å². The molecule has 2 aliphatic rings. The summed E-state index contributed by atoms with van der Waals surface area (Å²) in [6.45, 7) is 3.10. The van der Waals surface area contributed by atoms with Crippen LogP contribution in [0.25, 0.3) is 0 Å². The number of rotatable bonds is 0. The van der Waals surface area contributed by atoms with Gasteiger partial charge < -0.3 is 9.47 Å². The number of fused-ring (bicyclic) bond motifs is 1. The molecule has 0 aromatic carbocycles. The summed E-state index contributed by atoms with van der Waals surface area (Å²) in [6.07, 6.45) is 7.23. The lowest BCUT2D eigenvalue weighted by atomic mass is 10.00. The molecule has 11 heavy (non-hydrogen) atoms. The van der Waals surface area contributed by atoms with E-state index in [9.17, 15) is 0 Å². The van der Waals surface area contributed by atoms with Crippen molar-refractivity contribution in [2.45, 2.75) is 6.42 Å². The highest BCUT2D eigenvalue weighted by Crippen LogP contribution is 2.24. The van der Waals surface area contributed by atoms with Crippen molar-refractivity contribution in [3.05, 3.63) is 30.6 Å². The van der Waals surface area contributed by atoms with Crippen molar-refractivity contribution in [3.8, 4) is 0 Å². The fourth-order valence-corrected chi connectivity index (χ4v) is 1.33. The number of ether oxygens (including phenoxy) is 2. The van der Waals surface area contributed by atoms with Crippen LogP contribution in [0.2, 0.25) is 0 Å². The first kappa shape index (κ1) is 6.92. The Morgan fingerprint density at radius 3 is 3.45 bits per heavy atom. The van der Waals surface area contributed by atoms with Crippen LogP contribution in [-0.4, -0.2) is 13.2 Å². The fraction of sp³-hybridized carbons (Fsp3) is 0.444. The van der Waals surface area contributed by atoms with Gasteiger partial charge in [0, 0.05) is 5.92 Å². The van der Waals surface area contributed by atoms with E-state index in [-0.39, 0.29) is 0 Å². The molecular formula is C9H11O2. The van der Waals surface area contributed by atoms with Crippen molar-refractivity contribution in [3.63, 3.8) is 0 Å². The van der Waals surface area contributed by atoms with Crippen LogP contribution in [0.5, 0.6) is 0 Å². The van der Waals surface area contributed by atoms with Crippen LogP contribution in [0.3, 0.4) is 0 Å². The minimum atomic E-state index is 0.443. The standard InChI is InChI=1S/C9H11O2/c1-2-4-9-8(3-1)7-10-5-6-11-9/h1-2,4,6,8H,3,5,7H2. The van der Waals surface area contributed by atoms with Gasteiger partial charge in [-0.15, -0.1) is 0 Å². The van der Waals surface area contributed by atoms with Crippen molar-refractivity contribution in [2.75, 3.05) is 13.2 Å². The first-order valence-electron chi connectivity index (χ1n) is 3.89. The van der Waals surface area contributed by atoms with Crippen molar-refractivity contribution in [2.24, 2.45) is 5.92 Å². The van der Waals surface area contributed by atoms with Gasteiger partial charge in [0.15, 0.2) is 6.61 Å². The summed E-state index contributed by atoms with van der Waals surface area (Å²) in [4.78, 5) is 0. The summed E-state index contributed by atoms with van der Waals surface area (Å²) >= 11 is 0. The summed E-state index contributed by atoms with van der Waals surface area (Å²) in [5.74, 6) is 1.49. The summed E-state index contributed by atoms with van der Waals surface area (Å²) < 4.78 is 10.7. The van der Waals surface area contributed by atoms with E-state index in [0.717, 1.165) is 18.8 Å². The minimum absolute atomic E-state index is 0.443. The fourth-order valence-electron chi connectivity index (χ4n) is 1.33. The first-order valence-corrected chi connectivity index (χ1v) is 3.89. The molecule has 1 radical (unpaired) electrons. The Balaban J connectivity index is 2.11. The van der Waals surface area contributed by atoms with E-state index in [1.807, 2.05) is 12.2 Å². The zero-order chi connectivity index (χ0) is 7.52. The average Bonchev–Trinajstić information content (AvgIpc) is 2.28. The van der Waals surface area contributed by atoms with Crippen LogP contribution in [0.4, 0.5) is 0 Å². The van der Waals surface area contributed by atoms with Crippen LogP contribution in [-0.2, 0) is 9.47 Å². The summed E-state index contributed by atoms with van der Waals surface area (Å²) in [5, 5.41) is 0. The van der Waals surface area contributed by atoms with Gasteiger partial charge in [-0.1, -0.05) is 12.2 Å². The molecule has 1 fully saturated rings. The lowest BCUT2D eigenvalue weighted by molar-refractivity contribution is 0.133. The number of hydrogen-bond donors (Lipinski definition) is 0. The molecule has 59 valence electrons. The number of allylic oxidation sites excluding steroid dienone is 3. The molecule has 0 bridgehead atoms. The van der Waals surface area contributed by atoms with E-state index in [1.54, 1.807) is 6.61 Å². The molecule has 1 unspecified atom stereocenters. The van der Waals surface area contributed by atoms with Gasteiger partial charge >= 0.3 is 0 Å². The summed E-state index contributed by atoms with van der Waals surface area (Å²) in [5.41, 5.74) is 0. The molecule has 1 saturated heterocycles. The highest BCUT2D eigenvalue weighted by Gasteiger charge is 2.19. The van der Waals surface area contributed by atoms with Crippen LogP contribution in [0, 0.1) is 12.5 Å². The second-order valence-electron chi connectivity index (χ2n) is 2.75. The highest BCUT2D eigenvalue weighted by atomic mass is 16.5. The highest BCUT2D eigenvalue weighted by molar-refractivity contribution is 5.17. The Hall–Kier alpha value is -0.760. The van der Waals surface area contributed by atoms with Crippen molar-refractivity contribution in [1.82, 2.24) is 0 Å². The molecule has 1 aliphatic carbocycles. The third-order valence-corrected chi connectivity index (χ3v) is 1.94. The molecular weight excluding hydrogens is 140 g/mol. The average molecular weight is 151 g/mol. The maximum atomic E-state index is 5.37. The molecule has 2 rings (SSSR count). The predicted molar refractivity (Wildman–Crippen MR) is 41.5 cm³/mol. The van der Waals surface area contributed by atoms with Crippen LogP contribution in [0.1, 0.15) is 6.42 Å². The third-order valence-electron chi connectivity index (χ3n) is 1.94. The Bertz CT molecular complexity index is 194. The predicted octanol–water partition coefficient (Wildman–Crippen LogP) is 1.65. The third kappa shape index (κ3) is 1.46. The van der Waals surface area contributed by atoms with Gasteiger partial charge in [0.2, 0.25) is 0 Å². The van der Waals surface area contributed by atoms with Gasteiger partial charge in [-0.2, -0.15) is 0 Å². The van der Waals surface area contributed by atoms with Gasteiger partial charge in [-0.3, -0.25) is 0 Å². The monoisotopic (exact) mass is 151 g/mol. The molecule has 1 atom stereocenters. The zero-order valence-electron chi connectivity index (χ0n) is 6.32. The van der Waals surface area contributed by atoms with Crippen LogP contribution < -0.4 is 0 Å². The van der Waals surface area contributed by atoms with E-state index >= 15 is 0 Å². The second kappa shape index (κ2) is 3.09. The normalized spacial score (nSPS) is 29.8. The summed E-state index contributed by atoms with van der Waals surface area (Å²) in [7, 11) is 0. The van der Waals surface area contributed by atoms with Gasteiger partial charge in [0.05, 0.1) is 13.2 Å². The number of hydrogen-bond acceptors (Lipinski definition) is 2. The zero-order valence-corrected chi connectivity index (χ0v) is 6.32. The Morgan fingerprint density at radius 2 is 2.45 bits per heavy atom. The summed E-state index contributed by atoms with van der Waals surface area (Å²) in [6, 6.07) is 0. The van der Waals surface area contributed by atoms with Crippen LogP contribution in [0.15, 0.2) is 24.0 Å². The maximum Gasteiger partial charge on any atom is 0.160 e. The Labute approximate surface area is 66.5 Å². The smallest absolute Gasteiger partial charge is 0.160 e. The van der Waals surface area contributed by atoms with Crippen molar-refractivity contribution >= 4 is 0 Å². The SMILES string of the molecule is [CH]1COCC2CC=CC=C2O1. The Morgan fingerprint density at radius 1 is 1.45 bits per heavy atom. The largest absolute Gasteiger partial charge is 0.488 e. The molecule has 0 saturated carbocycles. The van der Waals surface area contributed by atoms with Gasteiger partial charge in [-0.25, -0.2) is 0 Å². The van der Waals surface area contributed by atoms with E-state index in [0.29, 0.717) is 12.5 Å². The Kier molecular flexibility index (Phi) is 1.95. The minimum Gasteiger partial charge on any atom is -0.488 e. The molecule has 2 nitrogen and oxygen atoms in total. The molecule has 0 aromatic rings. The van der Waals surface area contributed by atoms with E-state index in [1.165, 1.54) is 0 Å². The maximum absolute atomic E-state index is 5.37. The molecule has 1 heterocycles. The molecule has 1 aliphatic heterocycles. The molecule has 0 N–H and O–H groups in total.